The van der Waals surface area contributed by atoms with E-state index < -0.39 is 11.6 Å². The number of anilines is 4. The molecule has 0 saturated carbocycles. The number of likely N-dealkylation sites (tertiary alicyclic amines) is 1. The monoisotopic (exact) mass is 536 g/mol. The number of nitrogens with one attached hydrogen (secondary N) is 3. The first-order valence-corrected chi connectivity index (χ1v) is 13.1. The molecule has 10 nitrogen and oxygen atoms in total. The van der Waals surface area contributed by atoms with E-state index >= 15 is 4.39 Å². The van der Waals surface area contributed by atoms with Crippen LogP contribution in [0.5, 0.6) is 0 Å². The molecule has 2 unspecified atom stereocenters. The highest BCUT2D eigenvalue weighted by Gasteiger charge is 2.38. The summed E-state index contributed by atoms with van der Waals surface area (Å²) in [4.78, 5) is 29.4. The van der Waals surface area contributed by atoms with Crippen molar-refractivity contribution in [1.29, 1.82) is 0 Å². The Bertz CT molecular complexity index is 1390. The Balaban J connectivity index is 1.20. The number of morpholine rings is 1. The van der Waals surface area contributed by atoms with Gasteiger partial charge in [-0.25, -0.2) is 23.7 Å². The van der Waals surface area contributed by atoms with E-state index in [2.05, 4.69) is 30.9 Å². The number of nitrogens with zero attached hydrogens (tertiary/aromatic N) is 5. The van der Waals surface area contributed by atoms with Crippen LogP contribution in [0, 0.1) is 11.6 Å². The maximum atomic E-state index is 15.0. The minimum absolute atomic E-state index is 0.00803. The summed E-state index contributed by atoms with van der Waals surface area (Å²) in [5, 5.41) is 9.48. The van der Waals surface area contributed by atoms with Gasteiger partial charge in [0, 0.05) is 37.4 Å². The van der Waals surface area contributed by atoms with Gasteiger partial charge in [-0.05, 0) is 45.0 Å². The predicted octanol–water partition coefficient (Wildman–Crippen LogP) is 3.36. The molecule has 3 aliphatic rings. The summed E-state index contributed by atoms with van der Waals surface area (Å²) in [6.07, 6.45) is 2.43. The highest BCUT2D eigenvalue weighted by Crippen LogP contribution is 2.41. The second kappa shape index (κ2) is 10.0. The molecule has 3 aromatic rings. The van der Waals surface area contributed by atoms with Crippen molar-refractivity contribution in [3.63, 3.8) is 0 Å². The van der Waals surface area contributed by atoms with Crippen LogP contribution in [0.1, 0.15) is 31.1 Å². The number of hydrogen-bond donors (Lipinski definition) is 3. The quantitative estimate of drug-likeness (QED) is 0.453. The van der Waals surface area contributed by atoms with Gasteiger partial charge in [-0.1, -0.05) is 0 Å². The van der Waals surface area contributed by atoms with Crippen molar-refractivity contribution < 1.29 is 18.3 Å². The van der Waals surface area contributed by atoms with E-state index in [1.165, 1.54) is 12.3 Å². The van der Waals surface area contributed by atoms with E-state index in [4.69, 9.17) is 4.74 Å². The topological polar surface area (TPSA) is 108 Å². The van der Waals surface area contributed by atoms with Crippen molar-refractivity contribution in [2.45, 2.75) is 45.1 Å². The number of pyridine rings is 1. The van der Waals surface area contributed by atoms with E-state index in [9.17, 15) is 9.18 Å². The number of amides is 1. The molecule has 204 valence electrons. The van der Waals surface area contributed by atoms with Crippen molar-refractivity contribution in [2.24, 2.45) is 0 Å². The first-order valence-electron chi connectivity index (χ1n) is 13.1. The maximum absolute atomic E-state index is 15.0. The van der Waals surface area contributed by atoms with Crippen LogP contribution in [0.4, 0.5) is 31.9 Å². The second-order valence-corrected chi connectivity index (χ2v) is 10.3. The molecule has 6 rings (SSSR count). The van der Waals surface area contributed by atoms with Crippen molar-refractivity contribution in [3.8, 4) is 11.3 Å². The van der Waals surface area contributed by atoms with Crippen LogP contribution < -0.4 is 20.9 Å². The molecule has 3 N–H and O–H groups in total. The number of carbonyl (C=O) groups is 1. The number of aromatic nitrogens is 3. The predicted molar refractivity (Wildman–Crippen MR) is 143 cm³/mol. The van der Waals surface area contributed by atoms with Crippen molar-refractivity contribution in [1.82, 2.24) is 25.2 Å². The fourth-order valence-corrected chi connectivity index (χ4v) is 5.57. The highest BCUT2D eigenvalue weighted by molar-refractivity contribution is 5.94. The van der Waals surface area contributed by atoms with Crippen LogP contribution in [0.2, 0.25) is 0 Å². The Hall–Kier alpha value is -3.90. The largest absolute Gasteiger partial charge is 0.373 e. The van der Waals surface area contributed by atoms with Crippen LogP contribution in [0.15, 0.2) is 36.7 Å². The van der Waals surface area contributed by atoms with Gasteiger partial charge in [0.15, 0.2) is 5.82 Å². The molecule has 0 spiro atoms. The Labute approximate surface area is 224 Å². The number of ether oxygens (including phenoxy) is 1. The summed E-state index contributed by atoms with van der Waals surface area (Å²) >= 11 is 0. The SMILES string of the molecule is CC(C)N1c2cc(-c3nc(Nc4ccc(C(=O)N5CC6OCCN[C@H]6C5)cn4)ncc3F)cc(F)c2NC1C. The number of fused-ring (bicyclic) bond motifs is 2. The molecule has 2 fully saturated rings. The molecule has 0 aliphatic carbocycles. The lowest BCUT2D eigenvalue weighted by Crippen LogP contribution is -2.47. The molecule has 1 amide bonds. The maximum Gasteiger partial charge on any atom is 0.255 e. The average molecular weight is 537 g/mol. The smallest absolute Gasteiger partial charge is 0.255 e. The van der Waals surface area contributed by atoms with Gasteiger partial charge in [0.25, 0.3) is 5.91 Å². The first-order chi connectivity index (χ1) is 18.8. The summed E-state index contributed by atoms with van der Waals surface area (Å²) in [7, 11) is 0. The normalized spacial score (nSPS) is 22.1. The highest BCUT2D eigenvalue weighted by atomic mass is 19.1. The van der Waals surface area contributed by atoms with Crippen LogP contribution in [0.3, 0.4) is 0 Å². The lowest BCUT2D eigenvalue weighted by Gasteiger charge is -2.28. The Morgan fingerprint density at radius 2 is 2.00 bits per heavy atom. The minimum Gasteiger partial charge on any atom is -0.373 e. The van der Waals surface area contributed by atoms with Crippen LogP contribution in [-0.2, 0) is 4.74 Å². The molecule has 1 aromatic carbocycles. The standard InChI is InChI=1S/C27H30F2N8O2/c1-14(2)37-15(3)33-25-18(28)8-17(9-21(25)37)24-19(29)11-32-27(35-24)34-23-5-4-16(10-31-23)26(38)36-12-20-22(13-36)39-7-6-30-20/h4-5,8-11,14-15,20,22,30,33H,6-7,12-13H2,1-3H3,(H,31,32,34,35)/t15?,20-,22?/m0/s1. The third-order valence-electron chi connectivity index (χ3n) is 7.34. The molecule has 3 atom stereocenters. The number of halogens is 2. The van der Waals surface area contributed by atoms with Gasteiger partial charge in [0.05, 0.1) is 48.1 Å². The molecule has 3 aliphatic heterocycles. The number of hydrogen-bond acceptors (Lipinski definition) is 9. The molecular weight excluding hydrogens is 506 g/mol. The zero-order valence-corrected chi connectivity index (χ0v) is 21.9. The van der Waals surface area contributed by atoms with Crippen LogP contribution in [-0.4, -0.2) is 76.4 Å². The van der Waals surface area contributed by atoms with Gasteiger partial charge in [0.1, 0.15) is 17.3 Å². The van der Waals surface area contributed by atoms with E-state index in [0.717, 1.165) is 12.7 Å². The lowest BCUT2D eigenvalue weighted by molar-refractivity contribution is 0.0176. The Morgan fingerprint density at radius 1 is 1.15 bits per heavy atom. The van der Waals surface area contributed by atoms with E-state index in [0.29, 0.717) is 48.0 Å². The fourth-order valence-electron chi connectivity index (χ4n) is 5.57. The Morgan fingerprint density at radius 3 is 2.74 bits per heavy atom. The molecule has 39 heavy (non-hydrogen) atoms. The molecular formula is C27H30F2N8O2. The summed E-state index contributed by atoms with van der Waals surface area (Å²) in [5.41, 5.74) is 1.76. The van der Waals surface area contributed by atoms with Gasteiger partial charge in [-0.2, -0.15) is 0 Å². The molecule has 12 heteroatoms. The molecule has 2 saturated heterocycles. The van der Waals surface area contributed by atoms with Gasteiger partial charge in [0.2, 0.25) is 5.95 Å². The zero-order chi connectivity index (χ0) is 27.3. The van der Waals surface area contributed by atoms with Gasteiger partial charge in [-0.3, -0.25) is 4.79 Å². The van der Waals surface area contributed by atoms with E-state index in [1.807, 2.05) is 25.7 Å². The third-order valence-corrected chi connectivity index (χ3v) is 7.34. The molecule has 5 heterocycles. The number of carbonyl (C=O) groups excluding carboxylic acids is 1. The lowest BCUT2D eigenvalue weighted by atomic mass is 10.1. The first kappa shape index (κ1) is 25.4. The fraction of sp³-hybridized carbons (Fsp3) is 0.407. The van der Waals surface area contributed by atoms with E-state index in [-0.39, 0.29) is 41.9 Å². The summed E-state index contributed by atoms with van der Waals surface area (Å²) in [6, 6.07) is 6.57. The van der Waals surface area contributed by atoms with Crippen molar-refractivity contribution >= 4 is 29.0 Å². The van der Waals surface area contributed by atoms with Crippen LogP contribution in [0.25, 0.3) is 11.3 Å². The van der Waals surface area contributed by atoms with E-state index in [1.54, 1.807) is 23.1 Å². The number of benzene rings is 1. The molecule has 0 bridgehead atoms. The molecule has 2 aromatic heterocycles. The minimum atomic E-state index is -0.673. The summed E-state index contributed by atoms with van der Waals surface area (Å²) in [5.74, 6) is -0.793. The zero-order valence-electron chi connectivity index (χ0n) is 21.9. The van der Waals surface area contributed by atoms with Crippen LogP contribution >= 0.6 is 0 Å². The van der Waals surface area contributed by atoms with Gasteiger partial charge < -0.3 is 30.5 Å². The van der Waals surface area contributed by atoms with Crippen molar-refractivity contribution in [2.75, 3.05) is 41.8 Å². The second-order valence-electron chi connectivity index (χ2n) is 10.3. The van der Waals surface area contributed by atoms with Crippen molar-refractivity contribution in [3.05, 3.63) is 53.9 Å². The van der Waals surface area contributed by atoms with Gasteiger partial charge in [-0.15, -0.1) is 0 Å². The molecule has 0 radical (unpaired) electrons. The average Bonchev–Trinajstić information content (AvgIpc) is 3.51. The third kappa shape index (κ3) is 4.74. The van der Waals surface area contributed by atoms with Gasteiger partial charge >= 0.3 is 0 Å². The Kier molecular flexibility index (Phi) is 6.51. The summed E-state index contributed by atoms with van der Waals surface area (Å²) in [6.45, 7) is 8.53. The summed E-state index contributed by atoms with van der Waals surface area (Å²) < 4.78 is 35.6. The number of rotatable bonds is 5.